The fourth-order valence-electron chi connectivity index (χ4n) is 4.41. The summed E-state index contributed by atoms with van der Waals surface area (Å²) >= 11 is 0. The summed E-state index contributed by atoms with van der Waals surface area (Å²) in [4.78, 5) is 18.7. The number of alkyl halides is 3. The fourth-order valence-corrected chi connectivity index (χ4v) is 4.41. The van der Waals surface area contributed by atoms with E-state index < -0.39 is 24.3 Å². The maximum absolute atomic E-state index is 12.8. The zero-order valence-corrected chi connectivity index (χ0v) is 18.5. The number of esters is 1. The lowest BCUT2D eigenvalue weighted by Gasteiger charge is -2.23. The molecule has 5 rings (SSSR count). The van der Waals surface area contributed by atoms with Crippen LogP contribution in [0.25, 0.3) is 22.4 Å². The van der Waals surface area contributed by atoms with Crippen molar-refractivity contribution in [3.63, 3.8) is 0 Å². The fraction of sp³-hybridized carbons (Fsp3) is 0.185. The lowest BCUT2D eigenvalue weighted by Crippen LogP contribution is -2.37. The highest BCUT2D eigenvalue weighted by molar-refractivity contribution is 5.76. The Bertz CT molecular complexity index is 1320. The van der Waals surface area contributed by atoms with Gasteiger partial charge in [0.2, 0.25) is 0 Å². The molecule has 0 radical (unpaired) electrons. The first kappa shape index (κ1) is 22.9. The summed E-state index contributed by atoms with van der Waals surface area (Å²) in [5, 5.41) is 3.28. The molecule has 0 saturated carbocycles. The van der Waals surface area contributed by atoms with E-state index in [4.69, 9.17) is 4.74 Å². The molecule has 1 aliphatic rings. The highest BCUT2D eigenvalue weighted by Crippen LogP contribution is 2.36. The van der Waals surface area contributed by atoms with Crippen molar-refractivity contribution in [2.45, 2.75) is 31.3 Å². The Morgan fingerprint density at radius 3 is 2.51 bits per heavy atom. The average Bonchev–Trinajstić information content (AvgIpc) is 3.51. The molecule has 0 spiro atoms. The number of benzene rings is 3. The molecule has 35 heavy (non-hydrogen) atoms. The normalized spacial score (nSPS) is 17.2. The summed E-state index contributed by atoms with van der Waals surface area (Å²) in [6, 6.07) is 22.7. The van der Waals surface area contributed by atoms with Crippen LogP contribution >= 0.6 is 0 Å². The predicted octanol–water partition coefficient (Wildman–Crippen LogP) is 5.60. The quantitative estimate of drug-likeness (QED) is 0.355. The maximum Gasteiger partial charge on any atom is 0.490 e. The molecule has 2 atom stereocenters. The Labute approximate surface area is 200 Å². The van der Waals surface area contributed by atoms with Gasteiger partial charge in [-0.25, -0.2) is 9.78 Å². The molecule has 5 nitrogen and oxygen atoms in total. The summed E-state index contributed by atoms with van der Waals surface area (Å²) < 4.78 is 43.4. The Hall–Kier alpha value is -3.91. The third kappa shape index (κ3) is 4.97. The number of carbonyl (C=O) groups excluding carboxylic acids is 1. The number of hydrogen-bond donors (Lipinski definition) is 2. The topological polar surface area (TPSA) is 67.0 Å². The molecule has 0 fully saturated rings. The number of halogens is 3. The van der Waals surface area contributed by atoms with Crippen LogP contribution in [0.15, 0.2) is 85.3 Å². The molecule has 0 bridgehead atoms. The number of nitrogens with zero attached hydrogens (tertiary/aromatic N) is 1. The highest BCUT2D eigenvalue weighted by Gasteiger charge is 2.45. The molecule has 178 valence electrons. The number of rotatable bonds is 6. The zero-order chi connectivity index (χ0) is 24.4. The maximum atomic E-state index is 12.8. The lowest BCUT2D eigenvalue weighted by atomic mass is 10.0. The number of aromatic amines is 1. The second kappa shape index (κ2) is 9.38. The van der Waals surface area contributed by atoms with E-state index in [9.17, 15) is 18.0 Å². The number of ether oxygens (including phenoxy) is 1. The summed E-state index contributed by atoms with van der Waals surface area (Å²) in [6.07, 6.45) is -2.14. The number of H-pyrrole nitrogens is 1. The van der Waals surface area contributed by atoms with Gasteiger partial charge < -0.3 is 15.0 Å². The van der Waals surface area contributed by atoms with Crippen LogP contribution < -0.4 is 5.32 Å². The Balaban J connectivity index is 1.28. The Morgan fingerprint density at radius 1 is 1.00 bits per heavy atom. The van der Waals surface area contributed by atoms with Crippen molar-refractivity contribution in [3.8, 4) is 22.4 Å². The largest absolute Gasteiger partial charge is 0.490 e. The van der Waals surface area contributed by atoms with Crippen molar-refractivity contribution in [2.75, 3.05) is 0 Å². The van der Waals surface area contributed by atoms with E-state index in [0.29, 0.717) is 18.5 Å². The molecular weight excluding hydrogens is 455 g/mol. The van der Waals surface area contributed by atoms with Crippen LogP contribution in [-0.2, 0) is 22.5 Å². The number of imidazole rings is 1. The number of fused-ring (bicyclic) bond motifs is 1. The van der Waals surface area contributed by atoms with E-state index in [2.05, 4.69) is 21.4 Å². The monoisotopic (exact) mass is 477 g/mol. The minimum absolute atomic E-state index is 0.424. The van der Waals surface area contributed by atoms with E-state index >= 15 is 0 Å². The molecule has 0 amide bonds. The van der Waals surface area contributed by atoms with Gasteiger partial charge in [0.1, 0.15) is 6.10 Å². The summed E-state index contributed by atoms with van der Waals surface area (Å²) in [7, 11) is 0. The van der Waals surface area contributed by atoms with Crippen molar-refractivity contribution in [2.24, 2.45) is 0 Å². The Kier molecular flexibility index (Phi) is 6.13. The molecule has 2 N–H and O–H groups in total. The number of aromatic nitrogens is 2. The van der Waals surface area contributed by atoms with E-state index in [1.54, 1.807) is 24.7 Å². The van der Waals surface area contributed by atoms with Gasteiger partial charge in [0, 0.05) is 12.1 Å². The van der Waals surface area contributed by atoms with Gasteiger partial charge in [-0.1, -0.05) is 66.7 Å². The first-order valence-electron chi connectivity index (χ1n) is 11.2. The first-order chi connectivity index (χ1) is 16.9. The van der Waals surface area contributed by atoms with Gasteiger partial charge >= 0.3 is 12.1 Å². The van der Waals surface area contributed by atoms with E-state index in [-0.39, 0.29) is 0 Å². The number of carbonyl (C=O) groups is 1. The van der Waals surface area contributed by atoms with Crippen LogP contribution in [0.5, 0.6) is 0 Å². The second-order valence-corrected chi connectivity index (χ2v) is 8.46. The molecule has 4 aromatic rings. The standard InChI is InChI=1S/C27H22F3N3O2/c28-27(29,30)26(34)35-25-22-7-2-1-4-20(22)13-23(25)32-14-17-8-10-18(11-9-17)19-5-3-6-21(12-19)24-15-31-16-33-24/h1-12,15-16,23,25,32H,13-14H2,(H,31,33). The van der Waals surface area contributed by atoms with Gasteiger partial charge in [0.15, 0.2) is 0 Å². The van der Waals surface area contributed by atoms with Crippen molar-refractivity contribution < 1.29 is 22.7 Å². The smallest absolute Gasteiger partial charge is 0.449 e. The van der Waals surface area contributed by atoms with Crippen molar-refractivity contribution >= 4 is 5.97 Å². The number of nitrogens with one attached hydrogen (secondary N) is 2. The first-order valence-corrected chi connectivity index (χ1v) is 11.2. The van der Waals surface area contributed by atoms with Crippen molar-refractivity contribution in [1.82, 2.24) is 15.3 Å². The summed E-state index contributed by atoms with van der Waals surface area (Å²) in [5.74, 6) is -2.17. The van der Waals surface area contributed by atoms with Crippen molar-refractivity contribution in [3.05, 3.63) is 102 Å². The predicted molar refractivity (Wildman–Crippen MR) is 125 cm³/mol. The lowest BCUT2D eigenvalue weighted by molar-refractivity contribution is -0.206. The van der Waals surface area contributed by atoms with Gasteiger partial charge in [0.05, 0.1) is 24.3 Å². The van der Waals surface area contributed by atoms with E-state index in [1.165, 1.54) is 0 Å². The second-order valence-electron chi connectivity index (χ2n) is 8.46. The SMILES string of the molecule is O=C(OC1c2ccccc2CC1NCc1ccc(-c2cccc(-c3cnc[nH]3)c2)cc1)C(F)(F)F. The summed E-state index contributed by atoms with van der Waals surface area (Å²) in [6.45, 7) is 0.424. The highest BCUT2D eigenvalue weighted by atomic mass is 19.4. The van der Waals surface area contributed by atoms with Crippen LogP contribution in [0.4, 0.5) is 13.2 Å². The van der Waals surface area contributed by atoms with Gasteiger partial charge in [-0.05, 0) is 40.3 Å². The minimum atomic E-state index is -5.04. The third-order valence-corrected chi connectivity index (χ3v) is 6.16. The molecule has 8 heteroatoms. The van der Waals surface area contributed by atoms with E-state index in [0.717, 1.165) is 33.5 Å². The molecule has 1 heterocycles. The molecule has 0 aliphatic heterocycles. The molecule has 3 aromatic carbocycles. The van der Waals surface area contributed by atoms with Crippen LogP contribution in [0.1, 0.15) is 22.8 Å². The van der Waals surface area contributed by atoms with Gasteiger partial charge in [-0.15, -0.1) is 0 Å². The molecule has 1 aliphatic carbocycles. The van der Waals surface area contributed by atoms with Crippen LogP contribution in [0.3, 0.4) is 0 Å². The van der Waals surface area contributed by atoms with E-state index in [1.807, 2.05) is 54.6 Å². The molecular formula is C27H22F3N3O2. The van der Waals surface area contributed by atoms with Gasteiger partial charge in [-0.3, -0.25) is 0 Å². The molecule has 2 unspecified atom stereocenters. The molecule has 0 saturated heterocycles. The van der Waals surface area contributed by atoms with Crippen molar-refractivity contribution in [1.29, 1.82) is 0 Å². The third-order valence-electron chi connectivity index (χ3n) is 6.16. The van der Waals surface area contributed by atoms with Crippen LogP contribution in [0, 0.1) is 0 Å². The van der Waals surface area contributed by atoms with Crippen LogP contribution in [0.2, 0.25) is 0 Å². The van der Waals surface area contributed by atoms with Gasteiger partial charge in [-0.2, -0.15) is 13.2 Å². The minimum Gasteiger partial charge on any atom is -0.449 e. The average molecular weight is 477 g/mol. The zero-order valence-electron chi connectivity index (χ0n) is 18.5. The molecule has 1 aromatic heterocycles. The van der Waals surface area contributed by atoms with Crippen LogP contribution in [-0.4, -0.2) is 28.2 Å². The summed E-state index contributed by atoms with van der Waals surface area (Å²) in [5.41, 5.74) is 6.52. The number of hydrogen-bond acceptors (Lipinski definition) is 4. The van der Waals surface area contributed by atoms with Gasteiger partial charge in [0.25, 0.3) is 0 Å². The Morgan fingerprint density at radius 2 is 1.77 bits per heavy atom.